The Labute approximate surface area is 145 Å². The smallest absolute Gasteiger partial charge is 0.308 e. The third-order valence-corrected chi connectivity index (χ3v) is 5.52. The number of H-pyrrole nitrogens is 1. The first-order chi connectivity index (χ1) is 11.6. The van der Waals surface area contributed by atoms with Gasteiger partial charge in [-0.05, 0) is 26.0 Å². The van der Waals surface area contributed by atoms with E-state index in [9.17, 15) is 18.0 Å². The van der Waals surface area contributed by atoms with E-state index in [1.165, 1.54) is 26.1 Å². The van der Waals surface area contributed by atoms with E-state index < -0.39 is 28.0 Å². The minimum Gasteiger partial charge on any atom is -0.481 e. The number of hydrogen-bond donors (Lipinski definition) is 2. The largest absolute Gasteiger partial charge is 0.481 e. The summed E-state index contributed by atoms with van der Waals surface area (Å²) in [5, 5.41) is 8.81. The van der Waals surface area contributed by atoms with E-state index >= 15 is 0 Å². The number of benzene rings is 1. The van der Waals surface area contributed by atoms with E-state index in [1.807, 2.05) is 6.92 Å². The Morgan fingerprint density at radius 1 is 1.24 bits per heavy atom. The number of sulfonamides is 1. The van der Waals surface area contributed by atoms with Crippen LogP contribution >= 0.6 is 0 Å². The predicted molar refractivity (Wildman–Crippen MR) is 90.8 cm³/mol. The lowest BCUT2D eigenvalue weighted by Gasteiger charge is -2.17. The van der Waals surface area contributed by atoms with Crippen LogP contribution in [0.1, 0.15) is 22.6 Å². The lowest BCUT2D eigenvalue weighted by atomic mass is 10.2. The molecule has 0 aliphatic rings. The molecule has 1 aromatic heterocycles. The fourth-order valence-electron chi connectivity index (χ4n) is 2.29. The zero-order valence-electron chi connectivity index (χ0n) is 14.1. The molecule has 1 aromatic carbocycles. The van der Waals surface area contributed by atoms with Crippen LogP contribution in [-0.4, -0.2) is 40.8 Å². The molecule has 0 aliphatic heterocycles. The second-order valence-electron chi connectivity index (χ2n) is 5.72. The van der Waals surface area contributed by atoms with Gasteiger partial charge in [0.05, 0.1) is 17.9 Å². The minimum atomic E-state index is -3.73. The molecule has 2 aromatic rings. The van der Waals surface area contributed by atoms with Crippen LogP contribution in [0.15, 0.2) is 34.0 Å². The summed E-state index contributed by atoms with van der Waals surface area (Å²) in [7, 11) is -2.35. The van der Waals surface area contributed by atoms with Crippen LogP contribution in [0.25, 0.3) is 0 Å². The Bertz CT molecular complexity index is 949. The highest BCUT2D eigenvalue weighted by molar-refractivity contribution is 7.89. The first kappa shape index (κ1) is 18.8. The molecule has 9 heteroatoms. The number of rotatable bonds is 6. The average molecular weight is 365 g/mol. The molecule has 0 spiro atoms. The number of hydrogen-bond acceptors (Lipinski definition) is 5. The minimum absolute atomic E-state index is 0.0558. The molecule has 0 saturated carbocycles. The summed E-state index contributed by atoms with van der Waals surface area (Å²) >= 11 is 0. The maximum Gasteiger partial charge on any atom is 0.308 e. The topological polar surface area (TPSA) is 120 Å². The molecule has 8 nitrogen and oxygen atoms in total. The molecule has 0 amide bonds. The Morgan fingerprint density at radius 3 is 2.36 bits per heavy atom. The number of carbonyl (C=O) groups is 1. The third kappa shape index (κ3) is 4.31. The van der Waals surface area contributed by atoms with Crippen molar-refractivity contribution < 1.29 is 18.3 Å². The Hall–Kier alpha value is -2.52. The quantitative estimate of drug-likeness (QED) is 0.782. The van der Waals surface area contributed by atoms with Gasteiger partial charge in [-0.2, -0.15) is 4.31 Å². The molecule has 2 N–H and O–H groups in total. The molecule has 2 rings (SSSR count). The zero-order chi connectivity index (χ0) is 18.8. The summed E-state index contributed by atoms with van der Waals surface area (Å²) < 4.78 is 26.2. The van der Waals surface area contributed by atoms with Gasteiger partial charge in [0.25, 0.3) is 5.56 Å². The maximum absolute atomic E-state index is 12.6. The molecule has 134 valence electrons. The number of aromatic amines is 1. The maximum atomic E-state index is 12.6. The van der Waals surface area contributed by atoms with E-state index in [2.05, 4.69) is 9.97 Å². The van der Waals surface area contributed by atoms with Crippen molar-refractivity contribution in [1.29, 1.82) is 0 Å². The fourth-order valence-corrected chi connectivity index (χ4v) is 3.42. The number of aliphatic carboxylic acids is 1. The summed E-state index contributed by atoms with van der Waals surface area (Å²) in [5.74, 6) is -0.989. The molecule has 0 fully saturated rings. The molecule has 25 heavy (non-hydrogen) atoms. The zero-order valence-corrected chi connectivity index (χ0v) is 14.9. The highest BCUT2D eigenvalue weighted by Crippen LogP contribution is 2.16. The molecule has 0 aliphatic carbocycles. The lowest BCUT2D eigenvalue weighted by molar-refractivity contribution is -0.136. The SMILES string of the molecule is Cc1ccc(S(=O)(=O)N(C)Cc2nc(C)c(CC(=O)O)c(=O)[nH]2)cc1. The van der Waals surface area contributed by atoms with Crippen molar-refractivity contribution in [2.45, 2.75) is 31.7 Å². The van der Waals surface area contributed by atoms with Crippen LogP contribution in [0.5, 0.6) is 0 Å². The van der Waals surface area contributed by atoms with Gasteiger partial charge in [-0.15, -0.1) is 0 Å². The molecular weight excluding hydrogens is 346 g/mol. The highest BCUT2D eigenvalue weighted by Gasteiger charge is 2.22. The second kappa shape index (κ2) is 7.16. The first-order valence-corrected chi connectivity index (χ1v) is 8.88. The number of nitrogens with zero attached hydrogens (tertiary/aromatic N) is 2. The van der Waals surface area contributed by atoms with Crippen LogP contribution in [0.4, 0.5) is 0 Å². The number of carboxylic acids is 1. The van der Waals surface area contributed by atoms with Crippen molar-refractivity contribution in [1.82, 2.24) is 14.3 Å². The van der Waals surface area contributed by atoms with Gasteiger partial charge < -0.3 is 10.1 Å². The monoisotopic (exact) mass is 365 g/mol. The van der Waals surface area contributed by atoms with Crippen LogP contribution in [0.3, 0.4) is 0 Å². The van der Waals surface area contributed by atoms with Crippen LogP contribution < -0.4 is 5.56 Å². The normalized spacial score (nSPS) is 11.7. The van der Waals surface area contributed by atoms with Gasteiger partial charge in [0.2, 0.25) is 10.0 Å². The fraction of sp³-hybridized carbons (Fsp3) is 0.312. The average Bonchev–Trinajstić information content (AvgIpc) is 2.51. The van der Waals surface area contributed by atoms with Crippen molar-refractivity contribution in [3.05, 3.63) is 57.3 Å². The predicted octanol–water partition coefficient (Wildman–Crippen LogP) is 0.835. The van der Waals surface area contributed by atoms with Gasteiger partial charge in [-0.3, -0.25) is 9.59 Å². The highest BCUT2D eigenvalue weighted by atomic mass is 32.2. The first-order valence-electron chi connectivity index (χ1n) is 7.44. The summed E-state index contributed by atoms with van der Waals surface area (Å²) in [6, 6.07) is 6.43. The standard InChI is InChI=1S/C16H19N3O5S/c1-10-4-6-12(7-5-10)25(23,24)19(3)9-14-17-11(2)13(8-15(20)21)16(22)18-14/h4-7H,8-9H2,1-3H3,(H,20,21)(H,17,18,22). The molecule has 0 saturated heterocycles. The van der Waals surface area contributed by atoms with E-state index in [0.717, 1.165) is 9.87 Å². The number of aromatic nitrogens is 2. The molecule has 0 atom stereocenters. The van der Waals surface area contributed by atoms with Gasteiger partial charge in [0.15, 0.2) is 0 Å². The molecule has 1 heterocycles. The molecular formula is C16H19N3O5S. The van der Waals surface area contributed by atoms with Crippen LogP contribution in [0.2, 0.25) is 0 Å². The molecule has 0 unspecified atom stereocenters. The summed E-state index contributed by atoms with van der Waals surface area (Å²) in [4.78, 5) is 29.5. The Balaban J connectivity index is 2.28. The van der Waals surface area contributed by atoms with Gasteiger partial charge in [0.1, 0.15) is 5.82 Å². The van der Waals surface area contributed by atoms with Gasteiger partial charge >= 0.3 is 5.97 Å². The van der Waals surface area contributed by atoms with Crippen molar-refractivity contribution in [3.63, 3.8) is 0 Å². The van der Waals surface area contributed by atoms with E-state index in [4.69, 9.17) is 5.11 Å². The number of carboxylic acid groups (broad SMARTS) is 1. The van der Waals surface area contributed by atoms with Crippen molar-refractivity contribution >= 4 is 16.0 Å². The number of aryl methyl sites for hydroxylation is 2. The second-order valence-corrected chi connectivity index (χ2v) is 7.77. The lowest BCUT2D eigenvalue weighted by Crippen LogP contribution is -2.30. The van der Waals surface area contributed by atoms with Crippen molar-refractivity contribution in [2.24, 2.45) is 0 Å². The number of nitrogens with one attached hydrogen (secondary N) is 1. The van der Waals surface area contributed by atoms with Crippen LogP contribution in [-0.2, 0) is 27.8 Å². The van der Waals surface area contributed by atoms with Crippen LogP contribution in [0, 0.1) is 13.8 Å². The van der Waals surface area contributed by atoms with Gasteiger partial charge in [0, 0.05) is 18.3 Å². The summed E-state index contributed by atoms with van der Waals surface area (Å²) in [6.45, 7) is 3.24. The Kier molecular flexibility index (Phi) is 5.39. The summed E-state index contributed by atoms with van der Waals surface area (Å²) in [5.41, 5.74) is 0.686. The van der Waals surface area contributed by atoms with E-state index in [-0.39, 0.29) is 28.5 Å². The Morgan fingerprint density at radius 2 is 1.84 bits per heavy atom. The molecule has 0 radical (unpaired) electrons. The van der Waals surface area contributed by atoms with Crippen molar-refractivity contribution in [3.8, 4) is 0 Å². The van der Waals surface area contributed by atoms with Gasteiger partial charge in [-0.1, -0.05) is 17.7 Å². The van der Waals surface area contributed by atoms with Crippen molar-refractivity contribution in [2.75, 3.05) is 7.05 Å². The third-order valence-electron chi connectivity index (χ3n) is 3.70. The van der Waals surface area contributed by atoms with Gasteiger partial charge in [-0.25, -0.2) is 13.4 Å². The van der Waals surface area contributed by atoms with E-state index in [0.29, 0.717) is 0 Å². The molecule has 0 bridgehead atoms. The van der Waals surface area contributed by atoms with E-state index in [1.54, 1.807) is 12.1 Å². The summed E-state index contributed by atoms with van der Waals surface area (Å²) in [6.07, 6.45) is -0.439.